The van der Waals surface area contributed by atoms with Crippen LogP contribution in [0.25, 0.3) is 0 Å². The monoisotopic (exact) mass is 358 g/mol. The van der Waals surface area contributed by atoms with E-state index in [1.807, 2.05) is 17.9 Å². The molecule has 0 atom stereocenters. The van der Waals surface area contributed by atoms with Gasteiger partial charge in [-0.3, -0.25) is 4.79 Å². The number of rotatable bonds is 4. The number of thiophene rings is 1. The number of piperidine rings is 1. The molecular formula is C15H23BrN2OS. The second-order valence-corrected chi connectivity index (χ2v) is 7.68. The van der Waals surface area contributed by atoms with E-state index in [1.54, 1.807) is 11.3 Å². The minimum absolute atomic E-state index is 0.196. The van der Waals surface area contributed by atoms with E-state index in [-0.39, 0.29) is 5.91 Å². The Hall–Kier alpha value is -0.390. The lowest BCUT2D eigenvalue weighted by Gasteiger charge is -2.37. The van der Waals surface area contributed by atoms with E-state index >= 15 is 0 Å². The number of likely N-dealkylation sites (tertiary alicyclic amines) is 1. The summed E-state index contributed by atoms with van der Waals surface area (Å²) >= 11 is 5.04. The van der Waals surface area contributed by atoms with Gasteiger partial charge in [-0.2, -0.15) is 0 Å². The van der Waals surface area contributed by atoms with Crippen molar-refractivity contribution < 1.29 is 4.79 Å². The number of aryl methyl sites for hydroxylation is 1. The number of hydrogen-bond donors (Lipinski definition) is 0. The topological polar surface area (TPSA) is 23.6 Å². The van der Waals surface area contributed by atoms with Crippen LogP contribution in [0.2, 0.25) is 0 Å². The van der Waals surface area contributed by atoms with Gasteiger partial charge in [0.15, 0.2) is 0 Å². The highest BCUT2D eigenvalue weighted by Crippen LogP contribution is 2.29. The van der Waals surface area contributed by atoms with E-state index in [4.69, 9.17) is 0 Å². The Balaban J connectivity index is 1.95. The molecule has 0 aliphatic carbocycles. The van der Waals surface area contributed by atoms with Gasteiger partial charge in [0, 0.05) is 19.1 Å². The number of hydrogen-bond acceptors (Lipinski definition) is 3. The molecule has 1 amide bonds. The molecular weight excluding hydrogens is 336 g/mol. The molecule has 0 unspecified atom stereocenters. The van der Waals surface area contributed by atoms with Gasteiger partial charge in [-0.25, -0.2) is 0 Å². The molecule has 5 heteroatoms. The molecule has 1 aliphatic heterocycles. The summed E-state index contributed by atoms with van der Waals surface area (Å²) in [6.45, 7) is 10.4. The van der Waals surface area contributed by atoms with Crippen molar-refractivity contribution in [3.63, 3.8) is 0 Å². The smallest absolute Gasteiger partial charge is 0.263 e. The molecule has 20 heavy (non-hydrogen) atoms. The van der Waals surface area contributed by atoms with Crippen molar-refractivity contribution >= 4 is 33.2 Å². The molecule has 1 fully saturated rings. The number of amides is 1. The highest BCUT2D eigenvalue weighted by Gasteiger charge is 2.27. The van der Waals surface area contributed by atoms with E-state index in [0.717, 1.165) is 53.2 Å². The third-order valence-corrected chi connectivity index (χ3v) is 6.27. The highest BCUT2D eigenvalue weighted by atomic mass is 79.9. The van der Waals surface area contributed by atoms with Crippen molar-refractivity contribution in [3.8, 4) is 0 Å². The van der Waals surface area contributed by atoms with Gasteiger partial charge in [0.25, 0.3) is 5.91 Å². The summed E-state index contributed by atoms with van der Waals surface area (Å²) in [6.07, 6.45) is 2.19. The minimum atomic E-state index is 0.196. The predicted octanol–water partition coefficient (Wildman–Crippen LogP) is 3.77. The summed E-state index contributed by atoms with van der Waals surface area (Å²) in [4.78, 5) is 17.9. The van der Waals surface area contributed by atoms with Gasteiger partial charge in [0.1, 0.15) is 0 Å². The van der Waals surface area contributed by atoms with Crippen LogP contribution in [0.15, 0.2) is 9.85 Å². The Labute approximate surface area is 134 Å². The van der Waals surface area contributed by atoms with Crippen molar-refractivity contribution in [2.75, 3.05) is 26.2 Å². The largest absolute Gasteiger partial charge is 0.338 e. The summed E-state index contributed by atoms with van der Waals surface area (Å²) in [7, 11) is 0. The molecule has 0 aromatic carbocycles. The van der Waals surface area contributed by atoms with Crippen LogP contribution in [0.5, 0.6) is 0 Å². The van der Waals surface area contributed by atoms with Crippen LogP contribution < -0.4 is 0 Å². The Morgan fingerprint density at radius 2 is 2.00 bits per heavy atom. The first-order valence-electron chi connectivity index (χ1n) is 7.36. The predicted molar refractivity (Wildman–Crippen MR) is 88.6 cm³/mol. The average Bonchev–Trinajstić information content (AvgIpc) is 2.80. The van der Waals surface area contributed by atoms with Crippen molar-refractivity contribution in [2.45, 2.75) is 39.7 Å². The number of carbonyl (C=O) groups excluding carboxylic acids is 1. The van der Waals surface area contributed by atoms with Crippen LogP contribution in [0.1, 0.15) is 41.9 Å². The number of halogens is 1. The lowest BCUT2D eigenvalue weighted by Crippen LogP contribution is -2.46. The molecule has 0 spiro atoms. The van der Waals surface area contributed by atoms with Crippen LogP contribution in [0.3, 0.4) is 0 Å². The van der Waals surface area contributed by atoms with Crippen molar-refractivity contribution in [2.24, 2.45) is 0 Å². The molecule has 0 saturated carbocycles. The first-order chi connectivity index (χ1) is 9.56. The fraction of sp³-hybridized carbons (Fsp3) is 0.667. The maximum Gasteiger partial charge on any atom is 0.263 e. The van der Waals surface area contributed by atoms with E-state index in [1.165, 1.54) is 0 Å². The zero-order valence-electron chi connectivity index (χ0n) is 12.5. The van der Waals surface area contributed by atoms with Gasteiger partial charge in [-0.1, -0.05) is 13.8 Å². The molecule has 1 aliphatic rings. The van der Waals surface area contributed by atoms with Crippen LogP contribution in [0.4, 0.5) is 0 Å². The normalized spacial score (nSPS) is 16.9. The summed E-state index contributed by atoms with van der Waals surface area (Å²) in [6, 6.07) is 2.64. The van der Waals surface area contributed by atoms with Crippen LogP contribution >= 0.6 is 27.3 Å². The summed E-state index contributed by atoms with van der Waals surface area (Å²) in [5, 5.41) is 0. The number of carbonyl (C=O) groups is 1. The van der Waals surface area contributed by atoms with E-state index in [2.05, 4.69) is 34.7 Å². The minimum Gasteiger partial charge on any atom is -0.338 e. The second kappa shape index (κ2) is 7.05. The third-order valence-electron chi connectivity index (χ3n) is 4.15. The zero-order valence-corrected chi connectivity index (χ0v) is 14.9. The Kier molecular flexibility index (Phi) is 5.64. The molecule has 2 heterocycles. The second-order valence-electron chi connectivity index (χ2n) is 5.31. The molecule has 0 radical (unpaired) electrons. The van der Waals surface area contributed by atoms with Crippen molar-refractivity contribution in [1.82, 2.24) is 9.80 Å². The third kappa shape index (κ3) is 3.43. The molecule has 0 N–H and O–H groups in total. The summed E-state index contributed by atoms with van der Waals surface area (Å²) in [5.74, 6) is 0.196. The van der Waals surface area contributed by atoms with Crippen molar-refractivity contribution in [1.29, 1.82) is 0 Å². The quantitative estimate of drug-likeness (QED) is 0.817. The van der Waals surface area contributed by atoms with Crippen LogP contribution in [-0.2, 0) is 0 Å². The van der Waals surface area contributed by atoms with Crippen LogP contribution in [0, 0.1) is 6.92 Å². The van der Waals surface area contributed by atoms with Crippen LogP contribution in [-0.4, -0.2) is 47.9 Å². The molecule has 112 valence electrons. The lowest BCUT2D eigenvalue weighted by atomic mass is 10.0. The molecule has 2 rings (SSSR count). The fourth-order valence-electron chi connectivity index (χ4n) is 2.90. The van der Waals surface area contributed by atoms with Crippen molar-refractivity contribution in [3.05, 3.63) is 20.3 Å². The summed E-state index contributed by atoms with van der Waals surface area (Å²) in [5.41, 5.74) is 1.15. The van der Waals surface area contributed by atoms with Gasteiger partial charge in [-0.05, 0) is 60.4 Å². The maximum atomic E-state index is 12.5. The van der Waals surface area contributed by atoms with Gasteiger partial charge in [0.05, 0.1) is 8.66 Å². The Bertz CT molecular complexity index is 443. The molecule has 0 bridgehead atoms. The van der Waals surface area contributed by atoms with Gasteiger partial charge < -0.3 is 9.80 Å². The first kappa shape index (κ1) is 16.0. The van der Waals surface area contributed by atoms with E-state index in [9.17, 15) is 4.79 Å². The van der Waals surface area contributed by atoms with Gasteiger partial charge in [-0.15, -0.1) is 11.3 Å². The Morgan fingerprint density at radius 3 is 2.45 bits per heavy atom. The molecule has 1 saturated heterocycles. The van der Waals surface area contributed by atoms with Gasteiger partial charge in [0.2, 0.25) is 0 Å². The SMILES string of the molecule is CCN(CC)C1CCN(C(=O)c2cc(C)c(Br)s2)CC1. The molecule has 1 aromatic heterocycles. The summed E-state index contributed by atoms with van der Waals surface area (Å²) < 4.78 is 1.07. The maximum absolute atomic E-state index is 12.5. The lowest BCUT2D eigenvalue weighted by molar-refractivity contribution is 0.0636. The molecule has 1 aromatic rings. The van der Waals surface area contributed by atoms with Gasteiger partial charge >= 0.3 is 0 Å². The van der Waals surface area contributed by atoms with E-state index < -0.39 is 0 Å². The molecule has 3 nitrogen and oxygen atoms in total. The fourth-order valence-corrected chi connectivity index (χ4v) is 4.40. The average molecular weight is 359 g/mol. The highest BCUT2D eigenvalue weighted by molar-refractivity contribution is 9.11. The zero-order chi connectivity index (χ0) is 14.7. The first-order valence-corrected chi connectivity index (χ1v) is 8.97. The Morgan fingerprint density at radius 1 is 1.40 bits per heavy atom. The number of nitrogens with zero attached hydrogens (tertiary/aromatic N) is 2. The standard InChI is InChI=1S/C15H23BrN2OS/c1-4-17(5-2)12-6-8-18(9-7-12)15(19)13-10-11(3)14(16)20-13/h10,12H,4-9H2,1-3H3. The van der Waals surface area contributed by atoms with E-state index in [0.29, 0.717) is 6.04 Å².